The van der Waals surface area contributed by atoms with E-state index in [-0.39, 0.29) is 0 Å². The fourth-order valence-electron chi connectivity index (χ4n) is 3.88. The molecule has 3 heteroatoms. The second-order valence-corrected chi connectivity index (χ2v) is 7.00. The van der Waals surface area contributed by atoms with Gasteiger partial charge in [0.15, 0.2) is 0 Å². The Labute approximate surface area is 150 Å². The van der Waals surface area contributed by atoms with Crippen LogP contribution >= 0.6 is 0 Å². The van der Waals surface area contributed by atoms with Crippen molar-refractivity contribution in [3.05, 3.63) is 41.1 Å². The van der Waals surface area contributed by atoms with Gasteiger partial charge in [0.05, 0.1) is 18.7 Å². The molecule has 2 aliphatic rings. The van der Waals surface area contributed by atoms with Crippen molar-refractivity contribution in [2.24, 2.45) is 0 Å². The molecule has 0 radical (unpaired) electrons. The zero-order valence-corrected chi connectivity index (χ0v) is 14.9. The van der Waals surface area contributed by atoms with E-state index in [1.165, 1.54) is 41.5 Å². The van der Waals surface area contributed by atoms with Crippen LogP contribution in [0.25, 0.3) is 10.9 Å². The highest BCUT2D eigenvalue weighted by Gasteiger charge is 2.16. The summed E-state index contributed by atoms with van der Waals surface area (Å²) in [4.78, 5) is 7.40. The average Bonchev–Trinajstić information content (AvgIpc) is 2.90. The van der Waals surface area contributed by atoms with E-state index in [4.69, 9.17) is 9.72 Å². The van der Waals surface area contributed by atoms with Crippen LogP contribution in [0.15, 0.2) is 24.3 Å². The van der Waals surface area contributed by atoms with E-state index in [0.29, 0.717) is 0 Å². The first kappa shape index (κ1) is 16.6. The number of fused-ring (bicyclic) bond motifs is 2. The van der Waals surface area contributed by atoms with Crippen molar-refractivity contribution in [2.75, 3.05) is 32.8 Å². The lowest BCUT2D eigenvalue weighted by Crippen LogP contribution is -2.36. The summed E-state index contributed by atoms with van der Waals surface area (Å²) in [6.45, 7) is 4.83. The number of pyridine rings is 1. The van der Waals surface area contributed by atoms with Gasteiger partial charge in [0.1, 0.15) is 0 Å². The number of ether oxygens (including phenoxy) is 1. The highest BCUT2D eigenvalue weighted by Crippen LogP contribution is 2.28. The number of nitrogens with zero attached hydrogens (tertiary/aromatic N) is 2. The van der Waals surface area contributed by atoms with Crippen molar-refractivity contribution in [1.82, 2.24) is 9.88 Å². The lowest BCUT2D eigenvalue weighted by Gasteiger charge is -2.25. The van der Waals surface area contributed by atoms with Gasteiger partial charge in [-0.25, -0.2) is 0 Å². The van der Waals surface area contributed by atoms with Crippen LogP contribution < -0.4 is 0 Å². The number of morpholine rings is 1. The minimum absolute atomic E-state index is 0.857. The SMILES string of the molecule is C(#Cc1c2c(nc3ccccc13)CCCCC2)CCN1CCOCC1. The molecule has 1 aliphatic carbocycles. The summed E-state index contributed by atoms with van der Waals surface area (Å²) in [5, 5.41) is 1.22. The van der Waals surface area contributed by atoms with E-state index in [9.17, 15) is 0 Å². The minimum Gasteiger partial charge on any atom is -0.379 e. The lowest BCUT2D eigenvalue weighted by atomic mass is 9.97. The van der Waals surface area contributed by atoms with Gasteiger partial charge < -0.3 is 4.74 Å². The van der Waals surface area contributed by atoms with Crippen molar-refractivity contribution in [3.63, 3.8) is 0 Å². The van der Waals surface area contributed by atoms with E-state index in [1.54, 1.807) is 0 Å². The van der Waals surface area contributed by atoms with Gasteiger partial charge in [-0.2, -0.15) is 0 Å². The number of para-hydroxylation sites is 1. The van der Waals surface area contributed by atoms with Gasteiger partial charge >= 0.3 is 0 Å². The predicted octanol–water partition coefficient (Wildman–Crippen LogP) is 3.58. The molecule has 1 fully saturated rings. The molecule has 4 rings (SSSR count). The average molecular weight is 334 g/mol. The number of aromatic nitrogens is 1. The Kier molecular flexibility index (Phi) is 5.30. The van der Waals surface area contributed by atoms with E-state index in [2.05, 4.69) is 41.0 Å². The van der Waals surface area contributed by atoms with Gasteiger partial charge in [0.25, 0.3) is 0 Å². The monoisotopic (exact) mass is 334 g/mol. The van der Waals surface area contributed by atoms with Gasteiger partial charge in [-0.1, -0.05) is 36.5 Å². The molecular formula is C22H26N2O. The molecule has 2 heterocycles. The van der Waals surface area contributed by atoms with Crippen LogP contribution in [0, 0.1) is 11.8 Å². The maximum atomic E-state index is 5.41. The lowest BCUT2D eigenvalue weighted by molar-refractivity contribution is 0.0390. The summed E-state index contributed by atoms with van der Waals surface area (Å²) >= 11 is 0. The first-order valence-electron chi connectivity index (χ1n) is 9.61. The van der Waals surface area contributed by atoms with Gasteiger partial charge in [-0.05, 0) is 37.3 Å². The van der Waals surface area contributed by atoms with Crippen molar-refractivity contribution in [1.29, 1.82) is 0 Å². The minimum atomic E-state index is 0.857. The van der Waals surface area contributed by atoms with Crippen LogP contribution in [-0.4, -0.2) is 42.7 Å². The predicted molar refractivity (Wildman–Crippen MR) is 102 cm³/mol. The van der Waals surface area contributed by atoms with Crippen LogP contribution in [0.3, 0.4) is 0 Å². The fourth-order valence-corrected chi connectivity index (χ4v) is 3.88. The molecule has 0 unspecified atom stereocenters. The van der Waals surface area contributed by atoms with Crippen LogP contribution in [-0.2, 0) is 17.6 Å². The van der Waals surface area contributed by atoms with E-state index in [1.807, 2.05) is 0 Å². The summed E-state index contributed by atoms with van der Waals surface area (Å²) < 4.78 is 5.41. The molecule has 0 N–H and O–H groups in total. The molecule has 1 aromatic heterocycles. The number of benzene rings is 1. The molecule has 1 saturated heterocycles. The molecule has 0 amide bonds. The summed E-state index contributed by atoms with van der Waals surface area (Å²) in [6, 6.07) is 8.49. The topological polar surface area (TPSA) is 25.4 Å². The van der Waals surface area contributed by atoms with Crippen LogP contribution in [0.2, 0.25) is 0 Å². The standard InChI is InChI=1S/C22H26N2O/c1-2-9-19-18(8-6-7-13-24-14-16-25-17-15-24)20-10-4-5-12-22(20)23-21(19)11-3-1/h4-5,10,12H,1-3,7,9,11,13-17H2. The molecule has 0 atom stereocenters. The van der Waals surface area contributed by atoms with E-state index >= 15 is 0 Å². The summed E-state index contributed by atoms with van der Waals surface area (Å²) in [7, 11) is 0. The zero-order chi connectivity index (χ0) is 16.9. The van der Waals surface area contributed by atoms with Crippen LogP contribution in [0.1, 0.15) is 42.5 Å². The third-order valence-electron chi connectivity index (χ3n) is 5.29. The van der Waals surface area contributed by atoms with Crippen molar-refractivity contribution in [3.8, 4) is 11.8 Å². The summed E-state index contributed by atoms with van der Waals surface area (Å²) in [6.07, 6.45) is 6.96. The highest BCUT2D eigenvalue weighted by molar-refractivity contribution is 5.86. The van der Waals surface area contributed by atoms with Gasteiger partial charge in [-0.3, -0.25) is 9.88 Å². The smallest absolute Gasteiger partial charge is 0.0718 e. The second kappa shape index (κ2) is 7.99. The molecule has 0 bridgehead atoms. The van der Waals surface area contributed by atoms with Gasteiger partial charge in [-0.15, -0.1) is 0 Å². The first-order chi connectivity index (χ1) is 12.4. The molecule has 1 aromatic carbocycles. The third kappa shape index (κ3) is 3.86. The van der Waals surface area contributed by atoms with E-state index in [0.717, 1.165) is 57.6 Å². The Bertz CT molecular complexity index is 797. The normalized spacial score (nSPS) is 18.2. The number of rotatable bonds is 2. The van der Waals surface area contributed by atoms with E-state index < -0.39 is 0 Å². The Morgan fingerprint density at radius 1 is 1.04 bits per heavy atom. The number of hydrogen-bond acceptors (Lipinski definition) is 3. The number of hydrogen-bond donors (Lipinski definition) is 0. The molecule has 2 aromatic rings. The fraction of sp³-hybridized carbons (Fsp3) is 0.500. The van der Waals surface area contributed by atoms with Crippen LogP contribution in [0.4, 0.5) is 0 Å². The van der Waals surface area contributed by atoms with Crippen LogP contribution in [0.5, 0.6) is 0 Å². The van der Waals surface area contributed by atoms with Crippen molar-refractivity contribution < 1.29 is 4.74 Å². The third-order valence-corrected chi connectivity index (χ3v) is 5.29. The maximum Gasteiger partial charge on any atom is 0.0718 e. The van der Waals surface area contributed by atoms with Crippen molar-refractivity contribution in [2.45, 2.75) is 38.5 Å². The molecule has 1 aliphatic heterocycles. The Morgan fingerprint density at radius 2 is 1.88 bits per heavy atom. The Morgan fingerprint density at radius 3 is 2.80 bits per heavy atom. The molecule has 25 heavy (non-hydrogen) atoms. The molecule has 3 nitrogen and oxygen atoms in total. The first-order valence-corrected chi connectivity index (χ1v) is 9.61. The molecule has 0 saturated carbocycles. The summed E-state index contributed by atoms with van der Waals surface area (Å²) in [5.74, 6) is 6.99. The van der Waals surface area contributed by atoms with Gasteiger partial charge in [0.2, 0.25) is 0 Å². The summed E-state index contributed by atoms with van der Waals surface area (Å²) in [5.41, 5.74) is 5.04. The Hall–Kier alpha value is -1.89. The van der Waals surface area contributed by atoms with Gasteiger partial charge in [0, 0.05) is 42.7 Å². The zero-order valence-electron chi connectivity index (χ0n) is 14.9. The number of aryl methyl sites for hydroxylation is 1. The molecule has 130 valence electrons. The maximum absolute atomic E-state index is 5.41. The highest BCUT2D eigenvalue weighted by atomic mass is 16.5. The molecular weight excluding hydrogens is 308 g/mol. The second-order valence-electron chi connectivity index (χ2n) is 7.00. The quantitative estimate of drug-likeness (QED) is 0.620. The largest absolute Gasteiger partial charge is 0.379 e. The Balaban J connectivity index is 1.61. The molecule has 0 spiro atoms. The van der Waals surface area contributed by atoms with Crippen molar-refractivity contribution >= 4 is 10.9 Å².